The van der Waals surface area contributed by atoms with Crippen molar-refractivity contribution in [2.75, 3.05) is 0 Å². The lowest BCUT2D eigenvalue weighted by atomic mass is 10.0. The van der Waals surface area contributed by atoms with Crippen LogP contribution >= 0.6 is 0 Å². The van der Waals surface area contributed by atoms with Crippen LogP contribution in [0.2, 0.25) is 0 Å². The Kier molecular flexibility index (Phi) is 5.67. The molecule has 0 unspecified atom stereocenters. The molecule has 3 nitrogen and oxygen atoms in total. The molecule has 4 rings (SSSR count). The van der Waals surface area contributed by atoms with Crippen molar-refractivity contribution < 1.29 is 23.1 Å². The zero-order chi connectivity index (χ0) is 21.8. The summed E-state index contributed by atoms with van der Waals surface area (Å²) in [6.45, 7) is 0. The van der Waals surface area contributed by atoms with E-state index in [1.807, 2.05) is 0 Å². The van der Waals surface area contributed by atoms with Crippen molar-refractivity contribution in [2.45, 2.75) is 0 Å². The Morgan fingerprint density at radius 3 is 1.55 bits per heavy atom. The first-order chi connectivity index (χ1) is 15.0. The van der Waals surface area contributed by atoms with Crippen LogP contribution in [0.25, 0.3) is 0 Å². The molecule has 0 aliphatic carbocycles. The number of hydrogen-bond donors (Lipinski definition) is 0. The molecule has 0 spiro atoms. The molecule has 0 radical (unpaired) electrons. The third-order valence-electron chi connectivity index (χ3n) is 4.62. The van der Waals surface area contributed by atoms with Gasteiger partial charge in [-0.3, -0.25) is 9.59 Å². The van der Waals surface area contributed by atoms with Crippen LogP contribution in [0, 0.1) is 11.6 Å². The van der Waals surface area contributed by atoms with E-state index in [1.165, 1.54) is 36.4 Å². The van der Waals surface area contributed by atoms with Crippen molar-refractivity contribution in [2.24, 2.45) is 0 Å². The molecule has 0 aromatic heterocycles. The van der Waals surface area contributed by atoms with Crippen LogP contribution in [0.3, 0.4) is 0 Å². The van der Waals surface area contributed by atoms with E-state index in [4.69, 9.17) is 4.74 Å². The largest absolute Gasteiger partial charge is 0.457 e. The molecule has 31 heavy (non-hydrogen) atoms. The molecular formula is C26H16F2O3. The summed E-state index contributed by atoms with van der Waals surface area (Å²) >= 11 is 0. The Labute approximate surface area is 177 Å². The van der Waals surface area contributed by atoms with Crippen LogP contribution in [0.15, 0.2) is 97.1 Å². The zero-order valence-corrected chi connectivity index (χ0v) is 16.2. The summed E-state index contributed by atoms with van der Waals surface area (Å²) in [5.41, 5.74) is 1.27. The predicted octanol–water partition coefficient (Wildman–Crippen LogP) is 6.22. The molecule has 0 fully saturated rings. The molecule has 0 N–H and O–H groups in total. The third-order valence-corrected chi connectivity index (χ3v) is 4.62. The fourth-order valence-corrected chi connectivity index (χ4v) is 3.10. The fourth-order valence-electron chi connectivity index (χ4n) is 3.10. The highest BCUT2D eigenvalue weighted by Gasteiger charge is 2.12. The summed E-state index contributed by atoms with van der Waals surface area (Å²) in [5, 5.41) is 0. The monoisotopic (exact) mass is 414 g/mol. The summed E-state index contributed by atoms with van der Waals surface area (Å²) in [6, 6.07) is 24.0. The van der Waals surface area contributed by atoms with Gasteiger partial charge in [0.25, 0.3) is 0 Å². The van der Waals surface area contributed by atoms with Crippen molar-refractivity contribution >= 4 is 11.6 Å². The van der Waals surface area contributed by atoms with Crippen LogP contribution in [-0.2, 0) is 0 Å². The maximum atomic E-state index is 13.4. The van der Waals surface area contributed by atoms with Crippen molar-refractivity contribution in [3.05, 3.63) is 131 Å². The van der Waals surface area contributed by atoms with E-state index in [-0.39, 0.29) is 22.7 Å². The molecular weight excluding hydrogens is 398 g/mol. The molecule has 0 heterocycles. The first kappa shape index (κ1) is 20.2. The van der Waals surface area contributed by atoms with Gasteiger partial charge in [0, 0.05) is 22.3 Å². The van der Waals surface area contributed by atoms with Crippen molar-refractivity contribution in [1.29, 1.82) is 0 Å². The van der Waals surface area contributed by atoms with Gasteiger partial charge in [-0.15, -0.1) is 0 Å². The number of carbonyl (C=O) groups excluding carboxylic acids is 2. The predicted molar refractivity (Wildman–Crippen MR) is 113 cm³/mol. The number of hydrogen-bond acceptors (Lipinski definition) is 3. The zero-order valence-electron chi connectivity index (χ0n) is 16.2. The highest BCUT2D eigenvalue weighted by atomic mass is 19.1. The molecule has 0 amide bonds. The van der Waals surface area contributed by atoms with Crippen molar-refractivity contribution in [3.8, 4) is 11.5 Å². The maximum Gasteiger partial charge on any atom is 0.193 e. The smallest absolute Gasteiger partial charge is 0.193 e. The van der Waals surface area contributed by atoms with Gasteiger partial charge in [0.15, 0.2) is 11.6 Å². The molecule has 0 bridgehead atoms. The minimum Gasteiger partial charge on any atom is -0.457 e. The second-order valence-electron chi connectivity index (χ2n) is 6.83. The normalized spacial score (nSPS) is 10.5. The molecule has 4 aromatic carbocycles. The third kappa shape index (κ3) is 4.73. The maximum absolute atomic E-state index is 13.4. The standard InChI is InChI=1S/C26H16F2O3/c27-21-7-1-4-18(14-21)25(29)17-10-12-23(13-11-17)31-24-9-3-6-20(16-24)26(30)19-5-2-8-22(28)15-19/h1-16H. The van der Waals surface area contributed by atoms with Gasteiger partial charge in [-0.25, -0.2) is 8.78 Å². The van der Waals surface area contributed by atoms with E-state index in [1.54, 1.807) is 60.7 Å². The fraction of sp³-hybridized carbons (Fsp3) is 0. The second kappa shape index (κ2) is 8.71. The Hall–Kier alpha value is -4.12. The second-order valence-corrected chi connectivity index (χ2v) is 6.83. The van der Waals surface area contributed by atoms with Gasteiger partial charge in [0.1, 0.15) is 23.1 Å². The summed E-state index contributed by atoms with van der Waals surface area (Å²) < 4.78 is 32.6. The number of ketones is 2. The van der Waals surface area contributed by atoms with Gasteiger partial charge in [-0.2, -0.15) is 0 Å². The first-order valence-electron chi connectivity index (χ1n) is 9.48. The molecule has 0 saturated heterocycles. The first-order valence-corrected chi connectivity index (χ1v) is 9.48. The minimum atomic E-state index is -0.480. The van der Waals surface area contributed by atoms with Crippen LogP contribution in [0.4, 0.5) is 8.78 Å². The Bertz CT molecular complexity index is 1260. The molecule has 0 aliphatic rings. The van der Waals surface area contributed by atoms with Crippen molar-refractivity contribution in [1.82, 2.24) is 0 Å². The quantitative estimate of drug-likeness (QED) is 0.352. The van der Waals surface area contributed by atoms with E-state index in [9.17, 15) is 18.4 Å². The Morgan fingerprint density at radius 1 is 0.516 bits per heavy atom. The van der Waals surface area contributed by atoms with E-state index >= 15 is 0 Å². The highest BCUT2D eigenvalue weighted by molar-refractivity contribution is 6.09. The highest BCUT2D eigenvalue weighted by Crippen LogP contribution is 2.24. The van der Waals surface area contributed by atoms with E-state index < -0.39 is 11.6 Å². The van der Waals surface area contributed by atoms with Gasteiger partial charge in [0.05, 0.1) is 0 Å². The van der Waals surface area contributed by atoms with E-state index in [0.717, 1.165) is 0 Å². The van der Waals surface area contributed by atoms with Gasteiger partial charge in [-0.1, -0.05) is 36.4 Å². The topological polar surface area (TPSA) is 43.4 Å². The number of benzene rings is 4. The van der Waals surface area contributed by atoms with Gasteiger partial charge in [-0.05, 0) is 60.7 Å². The molecule has 5 heteroatoms. The SMILES string of the molecule is O=C(c1ccc(Oc2cccc(C(=O)c3cccc(F)c3)c2)cc1)c1cccc(F)c1. The van der Waals surface area contributed by atoms with Crippen LogP contribution in [0.1, 0.15) is 31.8 Å². The van der Waals surface area contributed by atoms with Gasteiger partial charge in [0.2, 0.25) is 0 Å². The lowest BCUT2D eigenvalue weighted by Crippen LogP contribution is -2.02. The van der Waals surface area contributed by atoms with Crippen LogP contribution < -0.4 is 4.74 Å². The average Bonchev–Trinajstić information content (AvgIpc) is 2.79. The number of carbonyl (C=O) groups is 2. The molecule has 0 saturated carbocycles. The lowest BCUT2D eigenvalue weighted by Gasteiger charge is -2.09. The van der Waals surface area contributed by atoms with E-state index in [2.05, 4.69) is 0 Å². The molecule has 4 aromatic rings. The van der Waals surface area contributed by atoms with Gasteiger partial charge < -0.3 is 4.74 Å². The van der Waals surface area contributed by atoms with E-state index in [0.29, 0.717) is 22.6 Å². The summed E-state index contributed by atoms with van der Waals surface area (Å²) in [4.78, 5) is 25.1. The number of rotatable bonds is 6. The summed E-state index contributed by atoms with van der Waals surface area (Å²) in [5.74, 6) is -0.683. The summed E-state index contributed by atoms with van der Waals surface area (Å²) in [6.07, 6.45) is 0. The van der Waals surface area contributed by atoms with Crippen LogP contribution in [0.5, 0.6) is 11.5 Å². The van der Waals surface area contributed by atoms with Crippen molar-refractivity contribution in [3.63, 3.8) is 0 Å². The Morgan fingerprint density at radius 2 is 1.00 bits per heavy atom. The number of ether oxygens (including phenoxy) is 1. The van der Waals surface area contributed by atoms with Gasteiger partial charge >= 0.3 is 0 Å². The summed E-state index contributed by atoms with van der Waals surface area (Å²) in [7, 11) is 0. The molecule has 152 valence electrons. The molecule has 0 aliphatic heterocycles. The van der Waals surface area contributed by atoms with Crippen LogP contribution in [-0.4, -0.2) is 11.6 Å². The number of halogens is 2. The molecule has 0 atom stereocenters. The average molecular weight is 414 g/mol. The lowest BCUT2D eigenvalue weighted by molar-refractivity contribution is 0.103. The Balaban J connectivity index is 1.50. The minimum absolute atomic E-state index is 0.248.